The van der Waals surface area contributed by atoms with E-state index in [0.29, 0.717) is 23.2 Å². The van der Waals surface area contributed by atoms with E-state index in [0.717, 1.165) is 19.4 Å². The highest BCUT2D eigenvalue weighted by atomic mass is 32.1. The molecule has 1 aromatic heterocycles. The number of amides is 1. The standard InChI is InChI=1S/C11H20N4O2S/c1-3-6-17-7-4-5-14-10(16)8-9(12)15-11(13-2)18-8/h3-7,12H2,1-2H3,(H,13,15)(H,14,16). The van der Waals surface area contributed by atoms with Crippen molar-refractivity contribution in [2.24, 2.45) is 0 Å². The van der Waals surface area contributed by atoms with Gasteiger partial charge in [-0.1, -0.05) is 18.3 Å². The van der Waals surface area contributed by atoms with E-state index in [2.05, 4.69) is 22.5 Å². The topological polar surface area (TPSA) is 89.3 Å². The van der Waals surface area contributed by atoms with Crippen LogP contribution in [-0.4, -0.2) is 37.7 Å². The van der Waals surface area contributed by atoms with Crippen molar-refractivity contribution < 1.29 is 9.53 Å². The molecule has 102 valence electrons. The third-order valence-electron chi connectivity index (χ3n) is 2.17. The summed E-state index contributed by atoms with van der Waals surface area (Å²) in [5.74, 6) is 0.0890. The van der Waals surface area contributed by atoms with Crippen LogP contribution in [0.3, 0.4) is 0 Å². The van der Waals surface area contributed by atoms with Gasteiger partial charge in [-0.05, 0) is 12.8 Å². The van der Waals surface area contributed by atoms with Crippen molar-refractivity contribution in [2.75, 3.05) is 37.9 Å². The third-order valence-corrected chi connectivity index (χ3v) is 3.26. The normalized spacial score (nSPS) is 10.3. The monoisotopic (exact) mass is 272 g/mol. The molecule has 1 heterocycles. The van der Waals surface area contributed by atoms with Crippen molar-refractivity contribution in [3.05, 3.63) is 4.88 Å². The zero-order valence-corrected chi connectivity index (χ0v) is 11.6. The lowest BCUT2D eigenvalue weighted by atomic mass is 10.4. The van der Waals surface area contributed by atoms with Crippen LogP contribution in [0.2, 0.25) is 0 Å². The number of thiazole rings is 1. The average Bonchev–Trinajstić information content (AvgIpc) is 2.75. The number of ether oxygens (including phenoxy) is 1. The van der Waals surface area contributed by atoms with Gasteiger partial charge in [0, 0.05) is 26.8 Å². The molecule has 6 nitrogen and oxygen atoms in total. The zero-order chi connectivity index (χ0) is 13.4. The Labute approximate surface area is 111 Å². The fraction of sp³-hybridized carbons (Fsp3) is 0.636. The number of hydrogen-bond acceptors (Lipinski definition) is 6. The minimum absolute atomic E-state index is 0.179. The molecular formula is C11H20N4O2S. The molecule has 1 amide bonds. The number of nitrogens with two attached hydrogens (primary N) is 1. The van der Waals surface area contributed by atoms with Crippen LogP contribution in [0.4, 0.5) is 10.9 Å². The van der Waals surface area contributed by atoms with Crippen molar-refractivity contribution in [3.8, 4) is 0 Å². The second-order valence-electron chi connectivity index (χ2n) is 3.71. The van der Waals surface area contributed by atoms with Gasteiger partial charge >= 0.3 is 0 Å². The average molecular weight is 272 g/mol. The molecule has 0 saturated carbocycles. The summed E-state index contributed by atoms with van der Waals surface area (Å²) >= 11 is 1.25. The van der Waals surface area contributed by atoms with E-state index in [1.165, 1.54) is 11.3 Å². The first-order chi connectivity index (χ1) is 8.69. The van der Waals surface area contributed by atoms with E-state index < -0.39 is 0 Å². The molecule has 0 aliphatic heterocycles. The summed E-state index contributed by atoms with van der Waals surface area (Å²) in [6.07, 6.45) is 1.81. The number of aromatic nitrogens is 1. The second-order valence-corrected chi connectivity index (χ2v) is 4.70. The minimum Gasteiger partial charge on any atom is -0.382 e. The van der Waals surface area contributed by atoms with Gasteiger partial charge in [0.15, 0.2) is 5.13 Å². The number of hydrogen-bond donors (Lipinski definition) is 3. The van der Waals surface area contributed by atoms with Gasteiger partial charge in [-0.15, -0.1) is 0 Å². The van der Waals surface area contributed by atoms with Gasteiger partial charge in [0.2, 0.25) is 0 Å². The molecule has 0 atom stereocenters. The third kappa shape index (κ3) is 4.50. The first-order valence-corrected chi connectivity index (χ1v) is 6.80. The fourth-order valence-corrected chi connectivity index (χ4v) is 2.06. The van der Waals surface area contributed by atoms with Crippen LogP contribution in [0.25, 0.3) is 0 Å². The van der Waals surface area contributed by atoms with Crippen LogP contribution < -0.4 is 16.4 Å². The summed E-state index contributed by atoms with van der Waals surface area (Å²) < 4.78 is 5.32. The Balaban J connectivity index is 2.29. The minimum atomic E-state index is -0.179. The van der Waals surface area contributed by atoms with E-state index in [1.807, 2.05) is 0 Å². The Hall–Kier alpha value is -1.34. The molecule has 0 unspecified atom stereocenters. The van der Waals surface area contributed by atoms with Crippen molar-refractivity contribution in [3.63, 3.8) is 0 Å². The van der Waals surface area contributed by atoms with E-state index in [9.17, 15) is 4.79 Å². The molecule has 0 aromatic carbocycles. The van der Waals surface area contributed by atoms with Crippen LogP contribution in [0, 0.1) is 0 Å². The maximum absolute atomic E-state index is 11.8. The zero-order valence-electron chi connectivity index (χ0n) is 10.8. The van der Waals surface area contributed by atoms with Crippen molar-refractivity contribution in [1.82, 2.24) is 10.3 Å². The first-order valence-electron chi connectivity index (χ1n) is 5.99. The number of nitrogens with zero attached hydrogens (tertiary/aromatic N) is 1. The Bertz CT molecular complexity index is 381. The van der Waals surface area contributed by atoms with Gasteiger partial charge in [-0.2, -0.15) is 0 Å². The molecule has 18 heavy (non-hydrogen) atoms. The summed E-state index contributed by atoms with van der Waals surface area (Å²) in [5, 5.41) is 6.30. The summed E-state index contributed by atoms with van der Waals surface area (Å²) in [6, 6.07) is 0. The van der Waals surface area contributed by atoms with Gasteiger partial charge in [-0.3, -0.25) is 4.79 Å². The maximum Gasteiger partial charge on any atom is 0.265 e. The summed E-state index contributed by atoms with van der Waals surface area (Å²) in [7, 11) is 1.74. The second kappa shape index (κ2) is 7.88. The molecule has 1 aromatic rings. The summed E-state index contributed by atoms with van der Waals surface area (Å²) in [6.45, 7) is 4.07. The highest BCUT2D eigenvalue weighted by molar-refractivity contribution is 7.18. The molecule has 0 aliphatic carbocycles. The molecule has 0 radical (unpaired) electrons. The highest BCUT2D eigenvalue weighted by Crippen LogP contribution is 2.23. The SMILES string of the molecule is CCCOCCCNC(=O)c1sc(NC)nc1N. The lowest BCUT2D eigenvalue weighted by Crippen LogP contribution is -2.25. The predicted molar refractivity (Wildman–Crippen MR) is 74.1 cm³/mol. The molecule has 0 spiro atoms. The van der Waals surface area contributed by atoms with Crippen molar-refractivity contribution in [1.29, 1.82) is 0 Å². The number of carbonyl (C=O) groups excluding carboxylic acids is 1. The van der Waals surface area contributed by atoms with E-state index >= 15 is 0 Å². The van der Waals surface area contributed by atoms with Gasteiger partial charge in [0.1, 0.15) is 10.7 Å². The van der Waals surface area contributed by atoms with E-state index in [-0.39, 0.29) is 11.7 Å². The lowest BCUT2D eigenvalue weighted by Gasteiger charge is -2.04. The van der Waals surface area contributed by atoms with Crippen LogP contribution >= 0.6 is 11.3 Å². The summed E-state index contributed by atoms with van der Waals surface area (Å²) in [5.41, 5.74) is 5.66. The molecule has 0 aliphatic rings. The number of nitrogens with one attached hydrogen (secondary N) is 2. The number of rotatable bonds is 8. The molecule has 7 heteroatoms. The van der Waals surface area contributed by atoms with Gasteiger partial charge in [0.25, 0.3) is 5.91 Å². The molecule has 0 bridgehead atoms. The molecule has 0 saturated heterocycles. The molecule has 1 rings (SSSR count). The number of nitrogen functional groups attached to an aromatic ring is 1. The Morgan fingerprint density at radius 1 is 1.50 bits per heavy atom. The Morgan fingerprint density at radius 3 is 2.89 bits per heavy atom. The van der Waals surface area contributed by atoms with Gasteiger partial charge < -0.3 is 21.1 Å². The van der Waals surface area contributed by atoms with Crippen LogP contribution in [0.5, 0.6) is 0 Å². The molecular weight excluding hydrogens is 252 g/mol. The summed E-state index contributed by atoms with van der Waals surface area (Å²) in [4.78, 5) is 16.3. The van der Waals surface area contributed by atoms with E-state index in [1.54, 1.807) is 7.05 Å². The fourth-order valence-electron chi connectivity index (χ4n) is 1.30. The van der Waals surface area contributed by atoms with Crippen molar-refractivity contribution in [2.45, 2.75) is 19.8 Å². The largest absolute Gasteiger partial charge is 0.382 e. The highest BCUT2D eigenvalue weighted by Gasteiger charge is 2.14. The number of anilines is 2. The van der Waals surface area contributed by atoms with Crippen molar-refractivity contribution >= 4 is 28.2 Å². The van der Waals surface area contributed by atoms with Crippen LogP contribution in [0.1, 0.15) is 29.4 Å². The van der Waals surface area contributed by atoms with Crippen LogP contribution in [-0.2, 0) is 4.74 Å². The maximum atomic E-state index is 11.8. The quantitative estimate of drug-likeness (QED) is 0.621. The van der Waals surface area contributed by atoms with E-state index in [4.69, 9.17) is 10.5 Å². The van der Waals surface area contributed by atoms with Gasteiger partial charge in [0.05, 0.1) is 0 Å². The lowest BCUT2D eigenvalue weighted by molar-refractivity contribution is 0.0946. The Kier molecular flexibility index (Phi) is 6.45. The Morgan fingerprint density at radius 2 is 2.28 bits per heavy atom. The molecule has 0 fully saturated rings. The van der Waals surface area contributed by atoms with Crippen LogP contribution in [0.15, 0.2) is 0 Å². The smallest absolute Gasteiger partial charge is 0.265 e. The molecule has 4 N–H and O–H groups in total. The van der Waals surface area contributed by atoms with Gasteiger partial charge in [-0.25, -0.2) is 4.98 Å². The predicted octanol–water partition coefficient (Wildman–Crippen LogP) is 1.31. The number of carbonyl (C=O) groups is 1. The first kappa shape index (κ1) is 14.7.